The third-order valence-corrected chi connectivity index (χ3v) is 6.66. The van der Waals surface area contributed by atoms with Crippen LogP contribution in [0.1, 0.15) is 37.7 Å². The number of rotatable bonds is 6. The van der Waals surface area contributed by atoms with Gasteiger partial charge in [-0.15, -0.1) is 0 Å². The number of hydrogen-bond donors (Lipinski definition) is 0. The van der Waals surface area contributed by atoms with Crippen LogP contribution in [0.15, 0.2) is 12.4 Å². The zero-order valence-electron chi connectivity index (χ0n) is 11.0. The molecule has 1 aliphatic rings. The second-order valence-electron chi connectivity index (χ2n) is 5.63. The first-order chi connectivity index (χ1) is 8.70. The van der Waals surface area contributed by atoms with E-state index in [2.05, 4.69) is 43.2 Å². The highest BCUT2D eigenvalue weighted by atomic mass is 79.9. The van der Waals surface area contributed by atoms with Crippen LogP contribution in [0.25, 0.3) is 0 Å². The Kier molecular flexibility index (Phi) is 5.31. The van der Waals surface area contributed by atoms with Gasteiger partial charge in [0, 0.05) is 23.9 Å². The standard InChI is InChI=1S/C14H22Br2N2/c1-18-9-12(8-17-18)6-7-14(10-15,11-16)13-4-2-3-5-13/h8-9,13H,2-7,10-11H2,1H3. The first-order valence-electron chi connectivity index (χ1n) is 6.79. The van der Waals surface area contributed by atoms with Crippen molar-refractivity contribution in [3.8, 4) is 0 Å². The maximum absolute atomic E-state index is 4.26. The van der Waals surface area contributed by atoms with Gasteiger partial charge in [-0.3, -0.25) is 4.68 Å². The second-order valence-corrected chi connectivity index (χ2v) is 6.75. The largest absolute Gasteiger partial charge is 0.276 e. The van der Waals surface area contributed by atoms with Crippen LogP contribution in [0.4, 0.5) is 0 Å². The van der Waals surface area contributed by atoms with Crippen LogP contribution in [0.3, 0.4) is 0 Å². The van der Waals surface area contributed by atoms with Gasteiger partial charge in [0.15, 0.2) is 0 Å². The summed E-state index contributed by atoms with van der Waals surface area (Å²) in [6.07, 6.45) is 12.2. The molecule has 102 valence electrons. The van der Waals surface area contributed by atoms with Gasteiger partial charge in [0.05, 0.1) is 6.20 Å². The number of aromatic nitrogens is 2. The summed E-state index contributed by atoms with van der Waals surface area (Å²) in [6, 6.07) is 0. The van der Waals surface area contributed by atoms with Crippen molar-refractivity contribution in [2.45, 2.75) is 38.5 Å². The molecule has 0 spiro atoms. The van der Waals surface area contributed by atoms with Crippen molar-refractivity contribution in [1.29, 1.82) is 0 Å². The third kappa shape index (κ3) is 3.19. The molecule has 0 atom stereocenters. The Morgan fingerprint density at radius 3 is 2.50 bits per heavy atom. The Labute approximate surface area is 127 Å². The Balaban J connectivity index is 2.01. The molecule has 0 saturated heterocycles. The van der Waals surface area contributed by atoms with E-state index in [-0.39, 0.29) is 0 Å². The van der Waals surface area contributed by atoms with E-state index in [4.69, 9.17) is 0 Å². The van der Waals surface area contributed by atoms with E-state index in [0.29, 0.717) is 5.41 Å². The van der Waals surface area contributed by atoms with Gasteiger partial charge in [-0.25, -0.2) is 0 Å². The zero-order chi connectivity index (χ0) is 13.0. The molecule has 1 aromatic rings. The Hall–Kier alpha value is 0.170. The Morgan fingerprint density at radius 1 is 1.33 bits per heavy atom. The van der Waals surface area contributed by atoms with Gasteiger partial charge in [0.25, 0.3) is 0 Å². The first-order valence-corrected chi connectivity index (χ1v) is 9.04. The van der Waals surface area contributed by atoms with Crippen molar-refractivity contribution in [1.82, 2.24) is 9.78 Å². The molecule has 1 heterocycles. The maximum atomic E-state index is 4.26. The fraction of sp³-hybridized carbons (Fsp3) is 0.786. The molecular formula is C14H22Br2N2. The molecule has 4 heteroatoms. The van der Waals surface area contributed by atoms with E-state index in [1.54, 1.807) is 0 Å². The minimum Gasteiger partial charge on any atom is -0.276 e. The summed E-state index contributed by atoms with van der Waals surface area (Å²) < 4.78 is 1.90. The molecule has 2 nitrogen and oxygen atoms in total. The summed E-state index contributed by atoms with van der Waals surface area (Å²) in [6.45, 7) is 0. The molecular weight excluding hydrogens is 356 g/mol. The van der Waals surface area contributed by atoms with Crippen molar-refractivity contribution in [3.05, 3.63) is 18.0 Å². The van der Waals surface area contributed by atoms with Gasteiger partial charge < -0.3 is 0 Å². The molecule has 1 fully saturated rings. The SMILES string of the molecule is Cn1cc(CCC(CBr)(CBr)C2CCCC2)cn1. The molecule has 0 N–H and O–H groups in total. The van der Waals surface area contributed by atoms with Crippen molar-refractivity contribution in [2.75, 3.05) is 10.7 Å². The highest BCUT2D eigenvalue weighted by molar-refractivity contribution is 9.09. The lowest BCUT2D eigenvalue weighted by Gasteiger charge is -2.36. The van der Waals surface area contributed by atoms with Gasteiger partial charge in [-0.05, 0) is 42.6 Å². The van der Waals surface area contributed by atoms with Gasteiger partial charge in [-0.2, -0.15) is 5.10 Å². The quantitative estimate of drug-likeness (QED) is 0.675. The van der Waals surface area contributed by atoms with Crippen LogP contribution in [0.2, 0.25) is 0 Å². The first kappa shape index (κ1) is 14.6. The topological polar surface area (TPSA) is 17.8 Å². The lowest BCUT2D eigenvalue weighted by Crippen LogP contribution is -2.33. The number of alkyl halides is 2. The smallest absolute Gasteiger partial charge is 0.0521 e. The van der Waals surface area contributed by atoms with Crippen molar-refractivity contribution < 1.29 is 0 Å². The summed E-state index contributed by atoms with van der Waals surface area (Å²) in [4.78, 5) is 0. The summed E-state index contributed by atoms with van der Waals surface area (Å²) >= 11 is 7.54. The van der Waals surface area contributed by atoms with Crippen LogP contribution in [-0.2, 0) is 13.5 Å². The molecule has 0 aromatic carbocycles. The average Bonchev–Trinajstić information content (AvgIpc) is 3.03. The zero-order valence-corrected chi connectivity index (χ0v) is 14.2. The fourth-order valence-electron chi connectivity index (χ4n) is 3.12. The minimum absolute atomic E-state index is 0.423. The predicted molar refractivity (Wildman–Crippen MR) is 83.5 cm³/mol. The van der Waals surface area contributed by atoms with Crippen molar-refractivity contribution in [3.63, 3.8) is 0 Å². The van der Waals surface area contributed by atoms with E-state index in [9.17, 15) is 0 Å². The lowest BCUT2D eigenvalue weighted by molar-refractivity contribution is 0.216. The van der Waals surface area contributed by atoms with E-state index < -0.39 is 0 Å². The van der Waals surface area contributed by atoms with Crippen LogP contribution in [0.5, 0.6) is 0 Å². The molecule has 18 heavy (non-hydrogen) atoms. The monoisotopic (exact) mass is 376 g/mol. The minimum atomic E-state index is 0.423. The fourth-order valence-corrected chi connectivity index (χ4v) is 5.53. The molecule has 1 aromatic heterocycles. The maximum Gasteiger partial charge on any atom is 0.0521 e. The van der Waals surface area contributed by atoms with Crippen LogP contribution < -0.4 is 0 Å². The second kappa shape index (κ2) is 6.56. The summed E-state index contributed by atoms with van der Waals surface area (Å²) in [5, 5.41) is 6.47. The Bertz CT molecular complexity index is 366. The summed E-state index contributed by atoms with van der Waals surface area (Å²) in [7, 11) is 1.99. The molecule has 0 bridgehead atoms. The molecule has 2 rings (SSSR count). The highest BCUT2D eigenvalue weighted by Gasteiger charge is 2.38. The van der Waals surface area contributed by atoms with E-state index in [0.717, 1.165) is 23.0 Å². The normalized spacial score (nSPS) is 17.5. The molecule has 0 aliphatic heterocycles. The van der Waals surface area contributed by atoms with Gasteiger partial charge in [0.2, 0.25) is 0 Å². The predicted octanol–water partition coefficient (Wildman–Crippen LogP) is 4.32. The van der Waals surface area contributed by atoms with Gasteiger partial charge in [-0.1, -0.05) is 44.7 Å². The third-order valence-electron chi connectivity index (χ3n) is 4.42. The molecule has 0 unspecified atom stereocenters. The molecule has 0 amide bonds. The van der Waals surface area contributed by atoms with Crippen LogP contribution >= 0.6 is 31.9 Å². The van der Waals surface area contributed by atoms with E-state index >= 15 is 0 Å². The van der Waals surface area contributed by atoms with Crippen LogP contribution in [0, 0.1) is 11.3 Å². The average molecular weight is 378 g/mol. The van der Waals surface area contributed by atoms with Gasteiger partial charge >= 0.3 is 0 Å². The van der Waals surface area contributed by atoms with Crippen molar-refractivity contribution in [2.24, 2.45) is 18.4 Å². The summed E-state index contributed by atoms with van der Waals surface area (Å²) in [5.41, 5.74) is 1.79. The molecule has 1 aliphatic carbocycles. The molecule has 0 radical (unpaired) electrons. The lowest BCUT2D eigenvalue weighted by atomic mass is 9.74. The molecule has 1 saturated carbocycles. The van der Waals surface area contributed by atoms with E-state index in [1.807, 2.05) is 17.9 Å². The number of hydrogen-bond acceptors (Lipinski definition) is 1. The highest BCUT2D eigenvalue weighted by Crippen LogP contribution is 2.45. The number of nitrogens with zero attached hydrogens (tertiary/aromatic N) is 2. The van der Waals surface area contributed by atoms with Crippen LogP contribution in [-0.4, -0.2) is 20.4 Å². The number of aryl methyl sites for hydroxylation is 2. The summed E-state index contributed by atoms with van der Waals surface area (Å²) in [5.74, 6) is 0.882. The van der Waals surface area contributed by atoms with E-state index in [1.165, 1.54) is 37.7 Å². The van der Waals surface area contributed by atoms with Gasteiger partial charge in [0.1, 0.15) is 0 Å². The number of halogens is 2. The van der Waals surface area contributed by atoms with Crippen molar-refractivity contribution >= 4 is 31.9 Å². The Morgan fingerprint density at radius 2 is 2.00 bits per heavy atom.